The minimum atomic E-state index is -4.19. The first-order valence-electron chi connectivity index (χ1n) is 15.6. The summed E-state index contributed by atoms with van der Waals surface area (Å²) in [5.74, 6) is -1.13. The van der Waals surface area contributed by atoms with Gasteiger partial charge in [0, 0.05) is 19.0 Å². The molecule has 0 aliphatic heterocycles. The van der Waals surface area contributed by atoms with E-state index in [-0.39, 0.29) is 35.7 Å². The van der Waals surface area contributed by atoms with Gasteiger partial charge in [0.25, 0.3) is 10.0 Å². The monoisotopic (exact) mass is 643 g/mol. The van der Waals surface area contributed by atoms with Crippen LogP contribution >= 0.6 is 0 Å². The molecule has 2 amide bonds. The molecule has 2 atom stereocenters. The van der Waals surface area contributed by atoms with E-state index in [1.165, 1.54) is 29.2 Å². The average Bonchev–Trinajstić information content (AvgIpc) is 3.06. The highest BCUT2D eigenvalue weighted by molar-refractivity contribution is 7.92. The fraction of sp³-hybridized carbons (Fsp3) is 0.297. The van der Waals surface area contributed by atoms with Gasteiger partial charge in [-0.15, -0.1) is 0 Å². The molecule has 7 nitrogen and oxygen atoms in total. The van der Waals surface area contributed by atoms with Gasteiger partial charge in [0.05, 0.1) is 10.6 Å². The van der Waals surface area contributed by atoms with E-state index in [4.69, 9.17) is 0 Å². The second-order valence-corrected chi connectivity index (χ2v) is 13.6. The number of hydrogen-bond acceptors (Lipinski definition) is 4. The predicted octanol–water partition coefficient (Wildman–Crippen LogP) is 6.70. The van der Waals surface area contributed by atoms with Crippen molar-refractivity contribution in [3.63, 3.8) is 0 Å². The van der Waals surface area contributed by atoms with Crippen LogP contribution in [-0.4, -0.2) is 43.8 Å². The van der Waals surface area contributed by atoms with Crippen LogP contribution in [0.5, 0.6) is 0 Å². The van der Waals surface area contributed by atoms with Crippen molar-refractivity contribution in [3.05, 3.63) is 132 Å². The highest BCUT2D eigenvalue weighted by atomic mass is 32.2. The van der Waals surface area contributed by atoms with Crippen molar-refractivity contribution in [2.24, 2.45) is 0 Å². The van der Waals surface area contributed by atoms with Crippen LogP contribution in [0, 0.1) is 5.82 Å². The summed E-state index contributed by atoms with van der Waals surface area (Å²) in [7, 11) is -4.19. The number of nitrogens with zero attached hydrogens (tertiary/aromatic N) is 2. The Morgan fingerprint density at radius 1 is 0.783 bits per heavy atom. The summed E-state index contributed by atoms with van der Waals surface area (Å²) in [4.78, 5) is 29.8. The molecule has 4 aromatic carbocycles. The Balaban J connectivity index is 1.80. The maximum Gasteiger partial charge on any atom is 0.264 e. The van der Waals surface area contributed by atoms with Crippen molar-refractivity contribution in [2.45, 2.75) is 70.0 Å². The second kappa shape index (κ2) is 15.7. The molecule has 0 bridgehead atoms. The molecule has 0 radical (unpaired) electrons. The van der Waals surface area contributed by atoms with E-state index in [0.717, 1.165) is 15.4 Å². The van der Waals surface area contributed by atoms with Crippen molar-refractivity contribution in [2.75, 3.05) is 10.8 Å². The number of amides is 2. The lowest BCUT2D eigenvalue weighted by Gasteiger charge is -2.34. The number of rotatable bonds is 14. The van der Waals surface area contributed by atoms with Crippen LogP contribution < -0.4 is 9.62 Å². The van der Waals surface area contributed by atoms with Crippen LogP contribution in [0.3, 0.4) is 0 Å². The third-order valence-electron chi connectivity index (χ3n) is 8.00. The lowest BCUT2D eigenvalue weighted by atomic mass is 10.0. The molecule has 0 aromatic heterocycles. The fourth-order valence-electron chi connectivity index (χ4n) is 5.06. The van der Waals surface area contributed by atoms with Crippen LogP contribution in [-0.2, 0) is 32.6 Å². The Morgan fingerprint density at radius 3 is 1.93 bits per heavy atom. The van der Waals surface area contributed by atoms with Gasteiger partial charge >= 0.3 is 0 Å². The smallest absolute Gasteiger partial charge is 0.264 e. The molecule has 0 heterocycles. The van der Waals surface area contributed by atoms with Crippen LogP contribution in [0.1, 0.15) is 56.7 Å². The van der Waals surface area contributed by atoms with E-state index in [9.17, 15) is 22.4 Å². The zero-order chi connectivity index (χ0) is 33.3. The SMILES string of the molecule is CC[C@H](C)NC(=O)[C@H](Cc1ccccc1)N(Cc1ccc(F)cc1)C(=O)CN(c1ccc(C(C)C)cc1)S(=O)(=O)c1ccccc1. The van der Waals surface area contributed by atoms with Crippen molar-refractivity contribution in [3.8, 4) is 0 Å². The Labute approximate surface area is 272 Å². The van der Waals surface area contributed by atoms with Crippen LogP contribution in [0.25, 0.3) is 0 Å². The maximum atomic E-state index is 14.5. The second-order valence-electron chi connectivity index (χ2n) is 11.7. The zero-order valence-corrected chi connectivity index (χ0v) is 27.6. The lowest BCUT2D eigenvalue weighted by Crippen LogP contribution is -2.54. The first kappa shape index (κ1) is 34.4. The van der Waals surface area contributed by atoms with E-state index in [0.29, 0.717) is 17.7 Å². The van der Waals surface area contributed by atoms with Crippen LogP contribution in [0.15, 0.2) is 114 Å². The van der Waals surface area contributed by atoms with Crippen molar-refractivity contribution < 1.29 is 22.4 Å². The number of sulfonamides is 1. The molecule has 4 aromatic rings. The molecular weight excluding hydrogens is 601 g/mol. The minimum absolute atomic E-state index is 0.0317. The number of halogens is 1. The summed E-state index contributed by atoms with van der Waals surface area (Å²) >= 11 is 0. The van der Waals surface area contributed by atoms with E-state index in [1.807, 2.05) is 70.2 Å². The molecule has 0 saturated carbocycles. The number of hydrogen-bond donors (Lipinski definition) is 1. The summed E-state index contributed by atoms with van der Waals surface area (Å²) in [6.07, 6.45) is 0.885. The standard InChI is InChI=1S/C37H42FN3O4S/c1-5-28(4)39-37(43)35(24-29-12-8-6-9-13-29)40(25-30-16-20-32(38)21-17-30)36(42)26-41(33-22-18-31(19-23-33)27(2)3)46(44,45)34-14-10-7-11-15-34/h6-23,27-28,35H,5,24-26H2,1-4H3,(H,39,43)/t28-,35-/m0/s1. The highest BCUT2D eigenvalue weighted by Gasteiger charge is 2.35. The summed E-state index contributed by atoms with van der Waals surface area (Å²) in [6.45, 7) is 7.34. The van der Waals surface area contributed by atoms with Gasteiger partial charge in [0.2, 0.25) is 11.8 Å². The topological polar surface area (TPSA) is 86.8 Å². The third kappa shape index (κ3) is 8.81. The van der Waals surface area contributed by atoms with E-state index >= 15 is 0 Å². The summed E-state index contributed by atoms with van der Waals surface area (Å²) in [5.41, 5.74) is 2.78. The minimum Gasteiger partial charge on any atom is -0.352 e. The number of benzene rings is 4. The Bertz CT molecular complexity index is 1680. The van der Waals surface area contributed by atoms with E-state index in [2.05, 4.69) is 5.32 Å². The van der Waals surface area contributed by atoms with Crippen LogP contribution in [0.2, 0.25) is 0 Å². The predicted molar refractivity (Wildman–Crippen MR) is 180 cm³/mol. The zero-order valence-electron chi connectivity index (χ0n) is 26.8. The van der Waals surface area contributed by atoms with Crippen LogP contribution in [0.4, 0.5) is 10.1 Å². The average molecular weight is 644 g/mol. The van der Waals surface area contributed by atoms with Gasteiger partial charge in [-0.2, -0.15) is 0 Å². The molecule has 1 N–H and O–H groups in total. The molecule has 0 aliphatic carbocycles. The molecule has 0 spiro atoms. The van der Waals surface area contributed by atoms with Gasteiger partial charge in [-0.3, -0.25) is 13.9 Å². The molecule has 0 fully saturated rings. The van der Waals surface area contributed by atoms with Gasteiger partial charge in [-0.05, 0) is 72.4 Å². The van der Waals surface area contributed by atoms with E-state index in [1.54, 1.807) is 42.5 Å². The third-order valence-corrected chi connectivity index (χ3v) is 9.78. The quantitative estimate of drug-likeness (QED) is 0.166. The number of carbonyl (C=O) groups excluding carboxylic acids is 2. The molecular formula is C37H42FN3O4S. The molecule has 4 rings (SSSR count). The molecule has 46 heavy (non-hydrogen) atoms. The summed E-state index contributed by atoms with van der Waals surface area (Å²) < 4.78 is 43.2. The Kier molecular flexibility index (Phi) is 11.7. The molecule has 242 valence electrons. The highest BCUT2D eigenvalue weighted by Crippen LogP contribution is 2.27. The molecule has 9 heteroatoms. The normalized spacial score (nSPS) is 12.7. The molecule has 0 aliphatic rings. The number of carbonyl (C=O) groups is 2. The first-order valence-corrected chi connectivity index (χ1v) is 17.0. The Hall–Kier alpha value is -4.50. The summed E-state index contributed by atoms with van der Waals surface area (Å²) in [6, 6.07) is 29.0. The summed E-state index contributed by atoms with van der Waals surface area (Å²) in [5, 5.41) is 3.01. The fourth-order valence-corrected chi connectivity index (χ4v) is 6.49. The Morgan fingerprint density at radius 2 is 1.37 bits per heavy atom. The van der Waals surface area contributed by atoms with Crippen molar-refractivity contribution >= 4 is 27.5 Å². The lowest BCUT2D eigenvalue weighted by molar-refractivity contribution is -0.140. The van der Waals surface area contributed by atoms with Gasteiger partial charge in [-0.25, -0.2) is 12.8 Å². The number of anilines is 1. The van der Waals surface area contributed by atoms with Gasteiger partial charge in [0.15, 0.2) is 0 Å². The van der Waals surface area contributed by atoms with Gasteiger partial charge in [0.1, 0.15) is 18.4 Å². The number of nitrogens with one attached hydrogen (secondary N) is 1. The van der Waals surface area contributed by atoms with E-state index < -0.39 is 34.3 Å². The maximum absolute atomic E-state index is 14.5. The van der Waals surface area contributed by atoms with Gasteiger partial charge in [-0.1, -0.05) is 93.6 Å². The van der Waals surface area contributed by atoms with Gasteiger partial charge < -0.3 is 10.2 Å². The first-order chi connectivity index (χ1) is 22.0. The molecule has 0 unspecified atom stereocenters. The van der Waals surface area contributed by atoms with Crippen molar-refractivity contribution in [1.29, 1.82) is 0 Å². The largest absolute Gasteiger partial charge is 0.352 e. The van der Waals surface area contributed by atoms with Crippen molar-refractivity contribution in [1.82, 2.24) is 10.2 Å². The molecule has 0 saturated heterocycles.